The summed E-state index contributed by atoms with van der Waals surface area (Å²) < 4.78 is 0. The first-order chi connectivity index (χ1) is 10.8. The highest BCUT2D eigenvalue weighted by Gasteiger charge is 2.13. The summed E-state index contributed by atoms with van der Waals surface area (Å²) in [6.07, 6.45) is 1.67. The molecule has 2 aromatic heterocycles. The molecular weight excluding hydrogens is 335 g/mol. The van der Waals surface area contributed by atoms with Crippen LogP contribution in [0.25, 0.3) is 11.2 Å². The Morgan fingerprint density at radius 2 is 1.74 bits per heavy atom. The van der Waals surface area contributed by atoms with Crippen molar-refractivity contribution in [1.29, 1.82) is 0 Å². The predicted octanol–water partition coefficient (Wildman–Crippen LogP) is 4.61. The Morgan fingerprint density at radius 3 is 2.39 bits per heavy atom. The monoisotopic (exact) mass is 350 g/mol. The van der Waals surface area contributed by atoms with E-state index in [1.54, 1.807) is 24.4 Å². The minimum Gasteiger partial charge on any atom is -0.350 e. The summed E-state index contributed by atoms with van der Waals surface area (Å²) in [6.45, 7) is 6.14. The van der Waals surface area contributed by atoms with E-state index in [1.807, 2.05) is 20.8 Å². The summed E-state index contributed by atoms with van der Waals surface area (Å²) in [5.74, 6) is 1.09. The quantitative estimate of drug-likeness (QED) is 0.642. The Morgan fingerprint density at radius 1 is 1.04 bits per heavy atom. The van der Waals surface area contributed by atoms with Gasteiger partial charge in [-0.3, -0.25) is 0 Å². The molecule has 0 aliphatic carbocycles. The second kappa shape index (κ2) is 5.86. The number of imidazole rings is 1. The Labute approximate surface area is 143 Å². The molecule has 0 radical (unpaired) electrons. The zero-order valence-corrected chi connectivity index (χ0v) is 14.4. The highest BCUT2D eigenvalue weighted by Crippen LogP contribution is 2.25. The van der Waals surface area contributed by atoms with Crippen LogP contribution >= 0.6 is 23.2 Å². The van der Waals surface area contributed by atoms with E-state index < -0.39 is 0 Å². The fraction of sp³-hybridized carbons (Fsp3) is 0.267. The fourth-order valence-corrected chi connectivity index (χ4v) is 2.55. The number of halogens is 2. The van der Waals surface area contributed by atoms with Crippen LogP contribution in [0.5, 0.6) is 0 Å². The predicted molar refractivity (Wildman–Crippen MR) is 94.8 cm³/mol. The molecule has 120 valence electrons. The molecule has 0 unspecified atom stereocenters. The zero-order valence-electron chi connectivity index (χ0n) is 12.9. The average molecular weight is 351 g/mol. The lowest BCUT2D eigenvalue weighted by Crippen LogP contribution is -2.27. The summed E-state index contributed by atoms with van der Waals surface area (Å²) in [4.78, 5) is 16.2. The molecular formula is C15H16Cl2N6. The van der Waals surface area contributed by atoms with E-state index in [0.29, 0.717) is 33.1 Å². The van der Waals surface area contributed by atoms with Crippen molar-refractivity contribution in [3.8, 4) is 0 Å². The Balaban J connectivity index is 1.87. The second-order valence-electron chi connectivity index (χ2n) is 6.17. The number of aromatic nitrogens is 4. The molecule has 6 nitrogen and oxygen atoms in total. The van der Waals surface area contributed by atoms with E-state index in [9.17, 15) is 0 Å². The third kappa shape index (κ3) is 4.03. The van der Waals surface area contributed by atoms with Crippen molar-refractivity contribution in [2.75, 3.05) is 10.6 Å². The largest absolute Gasteiger partial charge is 0.350 e. The maximum Gasteiger partial charge on any atom is 0.225 e. The third-order valence-electron chi connectivity index (χ3n) is 2.85. The first kappa shape index (κ1) is 15.8. The van der Waals surface area contributed by atoms with E-state index in [-0.39, 0.29) is 5.54 Å². The number of hydrogen-bond acceptors (Lipinski definition) is 5. The van der Waals surface area contributed by atoms with Gasteiger partial charge in [-0.25, -0.2) is 9.97 Å². The van der Waals surface area contributed by atoms with Gasteiger partial charge in [0.25, 0.3) is 0 Å². The number of nitrogens with one attached hydrogen (secondary N) is 3. The van der Waals surface area contributed by atoms with Crippen LogP contribution in [0.15, 0.2) is 24.4 Å². The van der Waals surface area contributed by atoms with Crippen molar-refractivity contribution in [3.05, 3.63) is 34.4 Å². The molecule has 0 amide bonds. The molecule has 1 aromatic carbocycles. The van der Waals surface area contributed by atoms with Gasteiger partial charge in [0, 0.05) is 21.3 Å². The van der Waals surface area contributed by atoms with Crippen LogP contribution < -0.4 is 10.6 Å². The van der Waals surface area contributed by atoms with Gasteiger partial charge in [0.05, 0.1) is 6.20 Å². The van der Waals surface area contributed by atoms with Gasteiger partial charge in [-0.15, -0.1) is 0 Å². The van der Waals surface area contributed by atoms with E-state index in [0.717, 1.165) is 5.69 Å². The molecule has 3 rings (SSSR count). The lowest BCUT2D eigenvalue weighted by molar-refractivity contribution is 0.626. The van der Waals surface area contributed by atoms with Gasteiger partial charge in [-0.05, 0) is 39.0 Å². The van der Waals surface area contributed by atoms with Crippen molar-refractivity contribution in [1.82, 2.24) is 19.9 Å². The van der Waals surface area contributed by atoms with Crippen LogP contribution in [-0.2, 0) is 0 Å². The number of aromatic amines is 1. The number of hydrogen-bond donors (Lipinski definition) is 3. The third-order valence-corrected chi connectivity index (χ3v) is 3.29. The van der Waals surface area contributed by atoms with Gasteiger partial charge >= 0.3 is 0 Å². The standard InChI is InChI=1S/C15H16Cl2N6/c1-15(2,3)23-13-18-7-11-12(21-13)22-14(20-11)19-10-5-8(16)4-9(17)6-10/h4-7H,1-3H3,(H3,18,19,20,21,22,23). The van der Waals surface area contributed by atoms with Crippen molar-refractivity contribution in [3.63, 3.8) is 0 Å². The molecule has 2 heterocycles. The maximum atomic E-state index is 5.99. The molecule has 0 atom stereocenters. The topological polar surface area (TPSA) is 78.5 Å². The van der Waals surface area contributed by atoms with Crippen molar-refractivity contribution >= 4 is 51.9 Å². The van der Waals surface area contributed by atoms with Crippen LogP contribution in [0.4, 0.5) is 17.6 Å². The molecule has 0 fully saturated rings. The number of H-pyrrole nitrogens is 1. The number of anilines is 3. The minimum absolute atomic E-state index is 0.119. The smallest absolute Gasteiger partial charge is 0.225 e. The van der Waals surface area contributed by atoms with Crippen LogP contribution in [0.2, 0.25) is 10.0 Å². The highest BCUT2D eigenvalue weighted by atomic mass is 35.5. The van der Waals surface area contributed by atoms with Gasteiger partial charge in [0.1, 0.15) is 5.52 Å². The molecule has 8 heteroatoms. The van der Waals surface area contributed by atoms with Gasteiger partial charge in [0.15, 0.2) is 5.65 Å². The molecule has 0 aliphatic rings. The van der Waals surface area contributed by atoms with Gasteiger partial charge in [0.2, 0.25) is 11.9 Å². The van der Waals surface area contributed by atoms with Gasteiger partial charge in [-0.2, -0.15) is 4.98 Å². The van der Waals surface area contributed by atoms with E-state index in [4.69, 9.17) is 23.2 Å². The molecule has 0 aliphatic heterocycles. The SMILES string of the molecule is CC(C)(C)Nc1ncc2nc(Nc3cc(Cl)cc(Cl)c3)[nH]c2n1. The molecule has 0 spiro atoms. The number of fused-ring (bicyclic) bond motifs is 1. The zero-order chi connectivity index (χ0) is 16.6. The highest BCUT2D eigenvalue weighted by molar-refractivity contribution is 6.35. The van der Waals surface area contributed by atoms with Crippen molar-refractivity contribution in [2.45, 2.75) is 26.3 Å². The number of rotatable bonds is 3. The normalized spacial score (nSPS) is 11.7. The molecule has 3 N–H and O–H groups in total. The maximum absolute atomic E-state index is 5.99. The summed E-state index contributed by atoms with van der Waals surface area (Å²) >= 11 is 12.0. The van der Waals surface area contributed by atoms with E-state index in [1.165, 1.54) is 0 Å². The Kier molecular flexibility index (Phi) is 4.04. The first-order valence-corrected chi connectivity index (χ1v) is 7.78. The van der Waals surface area contributed by atoms with Gasteiger partial charge in [-0.1, -0.05) is 23.2 Å². The van der Waals surface area contributed by atoms with Crippen LogP contribution in [0, 0.1) is 0 Å². The lowest BCUT2D eigenvalue weighted by Gasteiger charge is -2.19. The Bertz CT molecular complexity index is 833. The minimum atomic E-state index is -0.119. The van der Waals surface area contributed by atoms with Gasteiger partial charge < -0.3 is 15.6 Å². The molecule has 3 aromatic rings. The summed E-state index contributed by atoms with van der Waals surface area (Å²) in [7, 11) is 0. The molecule has 0 bridgehead atoms. The Hall–Kier alpha value is -2.05. The van der Waals surface area contributed by atoms with Crippen molar-refractivity contribution in [2.24, 2.45) is 0 Å². The average Bonchev–Trinajstić information content (AvgIpc) is 2.76. The fourth-order valence-electron chi connectivity index (χ4n) is 2.03. The summed E-state index contributed by atoms with van der Waals surface area (Å²) in [5, 5.41) is 7.44. The molecule has 23 heavy (non-hydrogen) atoms. The van der Waals surface area contributed by atoms with E-state index >= 15 is 0 Å². The second-order valence-corrected chi connectivity index (χ2v) is 7.04. The lowest BCUT2D eigenvalue weighted by atomic mass is 10.1. The first-order valence-electron chi connectivity index (χ1n) is 7.02. The molecule has 0 saturated heterocycles. The number of benzene rings is 1. The van der Waals surface area contributed by atoms with Crippen LogP contribution in [-0.4, -0.2) is 25.5 Å². The summed E-state index contributed by atoms with van der Waals surface area (Å²) in [5.41, 5.74) is 1.93. The number of nitrogens with zero attached hydrogens (tertiary/aromatic N) is 3. The van der Waals surface area contributed by atoms with Crippen LogP contribution in [0.3, 0.4) is 0 Å². The van der Waals surface area contributed by atoms with E-state index in [2.05, 4.69) is 30.6 Å². The van der Waals surface area contributed by atoms with Crippen LogP contribution in [0.1, 0.15) is 20.8 Å². The summed E-state index contributed by atoms with van der Waals surface area (Å²) in [6, 6.07) is 5.20. The van der Waals surface area contributed by atoms with Crippen molar-refractivity contribution < 1.29 is 0 Å². The molecule has 0 saturated carbocycles.